The van der Waals surface area contributed by atoms with Gasteiger partial charge in [-0.1, -0.05) is 42.5 Å². The summed E-state index contributed by atoms with van der Waals surface area (Å²) in [6, 6.07) is 27.2. The van der Waals surface area contributed by atoms with Crippen molar-refractivity contribution < 1.29 is 28.6 Å². The second-order valence-electron chi connectivity index (χ2n) is 10.4. The van der Waals surface area contributed by atoms with Crippen LogP contribution in [0.4, 0.5) is 11.4 Å². The normalized spacial score (nSPS) is 12.5. The minimum absolute atomic E-state index is 0.000115. The number of rotatable bonds is 11. The molecule has 0 saturated carbocycles. The Balaban J connectivity index is 1.35. The summed E-state index contributed by atoms with van der Waals surface area (Å²) in [7, 11) is 4.50. The maximum Gasteiger partial charge on any atom is 0.272 e. The van der Waals surface area contributed by atoms with Gasteiger partial charge in [0.1, 0.15) is 5.70 Å². The number of methoxy groups -OCH3 is 3. The number of para-hydroxylation sites is 1. The molecule has 1 aliphatic heterocycles. The van der Waals surface area contributed by atoms with E-state index in [0.29, 0.717) is 40.6 Å². The number of aryl methyl sites for hydroxylation is 1. The van der Waals surface area contributed by atoms with Crippen LogP contribution in [0.1, 0.15) is 27.9 Å². The van der Waals surface area contributed by atoms with Crippen LogP contribution in [0.2, 0.25) is 0 Å². The summed E-state index contributed by atoms with van der Waals surface area (Å²) >= 11 is 1.40. The highest BCUT2D eigenvalue weighted by molar-refractivity contribution is 8.00. The van der Waals surface area contributed by atoms with E-state index in [1.165, 1.54) is 44.7 Å². The lowest BCUT2D eigenvalue weighted by molar-refractivity contribution is -0.116. The molecule has 3 amide bonds. The van der Waals surface area contributed by atoms with Crippen molar-refractivity contribution in [3.63, 3.8) is 0 Å². The number of nitrogens with zero attached hydrogens (tertiary/aromatic N) is 1. The summed E-state index contributed by atoms with van der Waals surface area (Å²) in [6.45, 7) is 0.697. The van der Waals surface area contributed by atoms with Gasteiger partial charge in [-0.15, -0.1) is 11.8 Å². The van der Waals surface area contributed by atoms with E-state index in [2.05, 4.69) is 16.7 Å². The zero-order chi connectivity index (χ0) is 32.5. The molecule has 0 radical (unpaired) electrons. The van der Waals surface area contributed by atoms with Crippen LogP contribution in [-0.4, -0.2) is 51.3 Å². The molecule has 4 aromatic carbocycles. The number of carbonyl (C=O) groups excluding carboxylic acids is 3. The molecule has 0 aliphatic carbocycles. The van der Waals surface area contributed by atoms with Crippen LogP contribution in [-0.2, 0) is 16.0 Å². The maximum atomic E-state index is 13.7. The minimum Gasteiger partial charge on any atom is -0.493 e. The lowest BCUT2D eigenvalue weighted by atomic mass is 10.0. The van der Waals surface area contributed by atoms with Crippen molar-refractivity contribution in [1.29, 1.82) is 0 Å². The zero-order valence-corrected chi connectivity index (χ0v) is 26.7. The molecular weight excluding hydrogens is 602 g/mol. The van der Waals surface area contributed by atoms with Crippen molar-refractivity contribution in [1.82, 2.24) is 5.32 Å². The second kappa shape index (κ2) is 15.2. The number of hydrogen-bond donors (Lipinski definition) is 2. The largest absolute Gasteiger partial charge is 0.493 e. The fourth-order valence-corrected chi connectivity index (χ4v) is 6.00. The molecule has 0 fully saturated rings. The lowest BCUT2D eigenvalue weighted by Crippen LogP contribution is -2.36. The van der Waals surface area contributed by atoms with Crippen molar-refractivity contribution in [3.8, 4) is 17.2 Å². The number of benzene rings is 4. The Hall–Kier alpha value is -5.22. The summed E-state index contributed by atoms with van der Waals surface area (Å²) in [4.78, 5) is 42.6. The van der Waals surface area contributed by atoms with Crippen molar-refractivity contribution in [2.24, 2.45) is 0 Å². The Bertz CT molecular complexity index is 1730. The first-order chi connectivity index (χ1) is 22.4. The molecule has 0 saturated heterocycles. The summed E-state index contributed by atoms with van der Waals surface area (Å²) in [6.07, 6.45) is 3.44. The van der Waals surface area contributed by atoms with Gasteiger partial charge in [-0.2, -0.15) is 0 Å². The van der Waals surface area contributed by atoms with Crippen molar-refractivity contribution in [3.05, 3.63) is 113 Å². The zero-order valence-electron chi connectivity index (χ0n) is 25.9. The molecule has 0 aromatic heterocycles. The maximum absolute atomic E-state index is 13.7. The van der Waals surface area contributed by atoms with E-state index in [0.717, 1.165) is 23.4 Å². The third-order valence-corrected chi connectivity index (χ3v) is 8.37. The molecule has 46 heavy (non-hydrogen) atoms. The van der Waals surface area contributed by atoms with Crippen molar-refractivity contribution in [2.75, 3.05) is 43.8 Å². The number of fused-ring (bicyclic) bond motifs is 1. The van der Waals surface area contributed by atoms with Gasteiger partial charge in [-0.25, -0.2) is 0 Å². The van der Waals surface area contributed by atoms with E-state index >= 15 is 0 Å². The molecule has 0 spiro atoms. The SMILES string of the molecule is COc1cc(/C=C(\NC(=O)c2ccccc2)C(=O)Nc2cccc(SCC(=O)N3CCCc4ccccc43)c2)cc(OC)c1OC. The Morgan fingerprint density at radius 2 is 1.57 bits per heavy atom. The van der Waals surface area contributed by atoms with Crippen LogP contribution in [0, 0.1) is 0 Å². The monoisotopic (exact) mass is 637 g/mol. The highest BCUT2D eigenvalue weighted by Crippen LogP contribution is 2.38. The van der Waals surface area contributed by atoms with E-state index < -0.39 is 11.8 Å². The predicted octanol–water partition coefficient (Wildman–Crippen LogP) is 6.19. The molecule has 0 atom stereocenters. The standard InChI is InChI=1S/C36H35N3O6S/c1-43-31-20-24(21-32(44-2)34(31)45-3)19-29(38-35(41)26-12-5-4-6-13-26)36(42)37-27-15-9-16-28(22-27)46-23-33(40)39-18-10-14-25-11-7-8-17-30(25)39/h4-9,11-13,15-17,19-22H,10,14,18,23H2,1-3H3,(H,37,42)(H,38,41)/b29-19-. The number of carbonyl (C=O) groups is 3. The quantitative estimate of drug-likeness (QED) is 0.149. The first-order valence-corrected chi connectivity index (χ1v) is 15.7. The molecule has 5 rings (SSSR count). The van der Waals surface area contributed by atoms with E-state index in [1.807, 2.05) is 35.2 Å². The highest BCUT2D eigenvalue weighted by Gasteiger charge is 2.22. The first kappa shape index (κ1) is 32.2. The van der Waals surface area contributed by atoms with Gasteiger partial charge in [0.2, 0.25) is 11.7 Å². The van der Waals surface area contributed by atoms with Crippen LogP contribution in [0.25, 0.3) is 6.08 Å². The van der Waals surface area contributed by atoms with Gasteiger partial charge in [0, 0.05) is 28.4 Å². The lowest BCUT2D eigenvalue weighted by Gasteiger charge is -2.29. The Morgan fingerprint density at radius 3 is 2.28 bits per heavy atom. The van der Waals surface area contributed by atoms with Crippen LogP contribution >= 0.6 is 11.8 Å². The Labute approximate surface area is 272 Å². The van der Waals surface area contributed by atoms with Crippen molar-refractivity contribution in [2.45, 2.75) is 17.7 Å². The molecule has 1 heterocycles. The summed E-state index contributed by atoms with van der Waals surface area (Å²) in [5.74, 6) is 0.497. The molecule has 236 valence electrons. The van der Waals surface area contributed by atoms with Crippen LogP contribution < -0.4 is 29.7 Å². The smallest absolute Gasteiger partial charge is 0.272 e. The molecular formula is C36H35N3O6S. The van der Waals surface area contributed by atoms with Gasteiger partial charge >= 0.3 is 0 Å². The minimum atomic E-state index is -0.541. The average molecular weight is 638 g/mol. The van der Waals surface area contributed by atoms with Crippen molar-refractivity contribution >= 4 is 46.9 Å². The molecule has 4 aromatic rings. The fourth-order valence-electron chi connectivity index (χ4n) is 5.17. The number of ether oxygens (including phenoxy) is 3. The molecule has 10 heteroatoms. The Morgan fingerprint density at radius 1 is 0.848 bits per heavy atom. The second-order valence-corrected chi connectivity index (χ2v) is 11.4. The molecule has 0 bridgehead atoms. The summed E-state index contributed by atoms with van der Waals surface area (Å²) in [5.41, 5.74) is 3.60. The van der Waals surface area contributed by atoms with E-state index in [9.17, 15) is 14.4 Å². The number of thioether (sulfide) groups is 1. The molecule has 1 aliphatic rings. The molecule has 2 N–H and O–H groups in total. The predicted molar refractivity (Wildman–Crippen MR) is 181 cm³/mol. The first-order valence-electron chi connectivity index (χ1n) is 14.7. The third-order valence-electron chi connectivity index (χ3n) is 7.39. The van der Waals surface area contributed by atoms with Crippen LogP contribution in [0.3, 0.4) is 0 Å². The number of amides is 3. The highest BCUT2D eigenvalue weighted by atomic mass is 32.2. The van der Waals surface area contributed by atoms with Gasteiger partial charge in [0.15, 0.2) is 11.5 Å². The number of nitrogens with one attached hydrogen (secondary N) is 2. The average Bonchev–Trinajstić information content (AvgIpc) is 3.10. The van der Waals surface area contributed by atoms with Gasteiger partial charge in [-0.05, 0) is 78.6 Å². The third kappa shape index (κ3) is 7.70. The van der Waals surface area contributed by atoms with Gasteiger partial charge in [0.25, 0.3) is 11.8 Å². The molecule has 0 unspecified atom stereocenters. The molecule has 9 nitrogen and oxygen atoms in total. The van der Waals surface area contributed by atoms with E-state index in [4.69, 9.17) is 14.2 Å². The van der Waals surface area contributed by atoms with Gasteiger partial charge < -0.3 is 29.7 Å². The van der Waals surface area contributed by atoms with Crippen LogP contribution in [0.5, 0.6) is 17.2 Å². The summed E-state index contributed by atoms with van der Waals surface area (Å²) < 4.78 is 16.3. The number of hydrogen-bond acceptors (Lipinski definition) is 7. The summed E-state index contributed by atoms with van der Waals surface area (Å²) in [5, 5.41) is 5.63. The van der Waals surface area contributed by atoms with Gasteiger partial charge in [0.05, 0.1) is 27.1 Å². The fraction of sp³-hybridized carbons (Fsp3) is 0.194. The number of anilines is 2. The van der Waals surface area contributed by atoms with Gasteiger partial charge in [-0.3, -0.25) is 14.4 Å². The Kier molecular flexibility index (Phi) is 10.6. The van der Waals surface area contributed by atoms with Crippen LogP contribution in [0.15, 0.2) is 102 Å². The van der Waals surface area contributed by atoms with E-state index in [-0.39, 0.29) is 17.4 Å². The topological polar surface area (TPSA) is 106 Å². The van der Waals surface area contributed by atoms with E-state index in [1.54, 1.807) is 54.6 Å².